The molecule has 8 nitrogen and oxygen atoms in total. The Bertz CT molecular complexity index is 868. The van der Waals surface area contributed by atoms with Gasteiger partial charge in [-0.2, -0.15) is 0 Å². The standard InChI is InChI=1S/C20H24N4O4/c1-21-14-4-3-5-15(14)23(2)11-6-7-12-13(10-11)20(28)24(19(12)27)16-8-9-17(25)22-18(16)26/h6-7,10,14-16,21H,3-5,8-9H2,1-2H3,(H,22,25,26)/t14-,15-,16?/m0/s1. The van der Waals surface area contributed by atoms with Gasteiger partial charge in [-0.1, -0.05) is 0 Å². The van der Waals surface area contributed by atoms with E-state index in [1.165, 1.54) is 0 Å². The summed E-state index contributed by atoms with van der Waals surface area (Å²) in [7, 11) is 3.96. The van der Waals surface area contributed by atoms with Gasteiger partial charge in [0.05, 0.1) is 11.1 Å². The summed E-state index contributed by atoms with van der Waals surface area (Å²) in [5, 5.41) is 5.56. The van der Waals surface area contributed by atoms with E-state index in [1.807, 2.05) is 20.2 Å². The predicted molar refractivity (Wildman–Crippen MR) is 102 cm³/mol. The largest absolute Gasteiger partial charge is 0.370 e. The molecule has 4 amide bonds. The molecule has 0 aromatic heterocycles. The van der Waals surface area contributed by atoms with E-state index in [0.29, 0.717) is 23.2 Å². The van der Waals surface area contributed by atoms with E-state index in [2.05, 4.69) is 15.5 Å². The molecule has 148 valence electrons. The molecular formula is C20H24N4O4. The molecule has 4 rings (SSSR count). The molecule has 0 radical (unpaired) electrons. The van der Waals surface area contributed by atoms with Crippen LogP contribution in [0.2, 0.25) is 0 Å². The number of fused-ring (bicyclic) bond motifs is 1. The van der Waals surface area contributed by atoms with Gasteiger partial charge in [-0.05, 0) is 50.9 Å². The van der Waals surface area contributed by atoms with Crippen molar-refractivity contribution in [1.82, 2.24) is 15.5 Å². The summed E-state index contributed by atoms with van der Waals surface area (Å²) in [5.74, 6) is -1.91. The van der Waals surface area contributed by atoms with Crippen LogP contribution >= 0.6 is 0 Å². The molecule has 2 heterocycles. The third-order valence-electron chi connectivity index (χ3n) is 6.18. The van der Waals surface area contributed by atoms with Crippen LogP contribution in [0.3, 0.4) is 0 Å². The first-order valence-electron chi connectivity index (χ1n) is 9.68. The molecule has 3 aliphatic rings. The van der Waals surface area contributed by atoms with Gasteiger partial charge in [-0.3, -0.25) is 29.4 Å². The van der Waals surface area contributed by atoms with Gasteiger partial charge in [0.1, 0.15) is 6.04 Å². The maximum absolute atomic E-state index is 13.0. The summed E-state index contributed by atoms with van der Waals surface area (Å²) < 4.78 is 0. The highest BCUT2D eigenvalue weighted by Gasteiger charge is 2.44. The van der Waals surface area contributed by atoms with E-state index in [0.717, 1.165) is 29.8 Å². The monoisotopic (exact) mass is 384 g/mol. The SMILES string of the molecule is CN[C@H]1CCC[C@@H]1N(C)c1ccc2c(c1)C(=O)N(C1CCC(=O)NC1=O)C2=O. The van der Waals surface area contributed by atoms with Gasteiger partial charge in [0.15, 0.2) is 0 Å². The molecule has 8 heteroatoms. The van der Waals surface area contributed by atoms with Gasteiger partial charge >= 0.3 is 0 Å². The number of rotatable bonds is 4. The second-order valence-electron chi connectivity index (χ2n) is 7.68. The summed E-state index contributed by atoms with van der Waals surface area (Å²) in [6, 6.07) is 5.03. The number of benzene rings is 1. The van der Waals surface area contributed by atoms with E-state index < -0.39 is 23.8 Å². The number of likely N-dealkylation sites (N-methyl/N-ethyl adjacent to an activating group) is 2. The fourth-order valence-electron chi connectivity index (χ4n) is 4.61. The predicted octanol–water partition coefficient (Wildman–Crippen LogP) is 0.665. The number of carbonyl (C=O) groups is 4. The lowest BCUT2D eigenvalue weighted by molar-refractivity contribution is -0.136. The minimum absolute atomic E-state index is 0.116. The molecule has 0 bridgehead atoms. The maximum Gasteiger partial charge on any atom is 0.262 e. The smallest absolute Gasteiger partial charge is 0.262 e. The number of hydrogen-bond acceptors (Lipinski definition) is 6. The van der Waals surface area contributed by atoms with Crippen molar-refractivity contribution >= 4 is 29.3 Å². The molecule has 2 aliphatic heterocycles. The first kappa shape index (κ1) is 18.6. The Balaban J connectivity index is 1.61. The second-order valence-corrected chi connectivity index (χ2v) is 7.68. The van der Waals surface area contributed by atoms with Crippen molar-refractivity contribution in [3.8, 4) is 0 Å². The minimum Gasteiger partial charge on any atom is -0.370 e. The first-order chi connectivity index (χ1) is 13.4. The number of imide groups is 2. The molecule has 2 N–H and O–H groups in total. The average Bonchev–Trinajstić information content (AvgIpc) is 3.25. The lowest BCUT2D eigenvalue weighted by Crippen LogP contribution is -2.54. The number of nitrogens with zero attached hydrogens (tertiary/aromatic N) is 2. The zero-order valence-corrected chi connectivity index (χ0v) is 16.0. The number of hydrogen-bond donors (Lipinski definition) is 2. The van der Waals surface area contributed by atoms with Crippen LogP contribution in [0.15, 0.2) is 18.2 Å². The quantitative estimate of drug-likeness (QED) is 0.740. The normalized spacial score (nSPS) is 27.2. The summed E-state index contributed by atoms with van der Waals surface area (Å²) in [6.07, 6.45) is 3.59. The topological polar surface area (TPSA) is 98.8 Å². The van der Waals surface area contributed by atoms with Gasteiger partial charge in [0.2, 0.25) is 11.8 Å². The summed E-state index contributed by atoms with van der Waals surface area (Å²) in [5.41, 5.74) is 1.50. The van der Waals surface area contributed by atoms with Gasteiger partial charge < -0.3 is 10.2 Å². The number of amides is 4. The van der Waals surface area contributed by atoms with Crippen LogP contribution in [-0.2, 0) is 9.59 Å². The zero-order chi connectivity index (χ0) is 20.0. The van der Waals surface area contributed by atoms with Crippen molar-refractivity contribution in [1.29, 1.82) is 0 Å². The molecule has 1 aromatic rings. The van der Waals surface area contributed by atoms with Crippen molar-refractivity contribution in [3.63, 3.8) is 0 Å². The highest BCUT2D eigenvalue weighted by Crippen LogP contribution is 2.33. The second kappa shape index (κ2) is 7.01. The number of carbonyl (C=O) groups excluding carboxylic acids is 4. The molecule has 2 fully saturated rings. The molecule has 3 atom stereocenters. The zero-order valence-electron chi connectivity index (χ0n) is 16.0. The Kier molecular flexibility index (Phi) is 4.66. The molecule has 1 aromatic carbocycles. The summed E-state index contributed by atoms with van der Waals surface area (Å²) >= 11 is 0. The first-order valence-corrected chi connectivity index (χ1v) is 9.68. The van der Waals surface area contributed by atoms with Crippen LogP contribution in [0.25, 0.3) is 0 Å². The Morgan fingerprint density at radius 3 is 2.54 bits per heavy atom. The molecule has 1 saturated carbocycles. The molecule has 1 saturated heterocycles. The third kappa shape index (κ3) is 2.88. The van der Waals surface area contributed by atoms with Crippen LogP contribution in [0.4, 0.5) is 5.69 Å². The van der Waals surface area contributed by atoms with Crippen molar-refractivity contribution in [3.05, 3.63) is 29.3 Å². The average molecular weight is 384 g/mol. The van der Waals surface area contributed by atoms with E-state index in [1.54, 1.807) is 12.1 Å². The lowest BCUT2D eigenvalue weighted by atomic mass is 10.0. The van der Waals surface area contributed by atoms with Gasteiger partial charge in [-0.15, -0.1) is 0 Å². The maximum atomic E-state index is 13.0. The van der Waals surface area contributed by atoms with Gasteiger partial charge in [-0.25, -0.2) is 0 Å². The Morgan fingerprint density at radius 2 is 1.82 bits per heavy atom. The molecule has 0 spiro atoms. The van der Waals surface area contributed by atoms with Crippen LogP contribution in [0.1, 0.15) is 52.8 Å². The molecule has 28 heavy (non-hydrogen) atoms. The number of anilines is 1. The van der Waals surface area contributed by atoms with E-state index >= 15 is 0 Å². The molecular weight excluding hydrogens is 360 g/mol. The van der Waals surface area contributed by atoms with Crippen LogP contribution in [0, 0.1) is 0 Å². The van der Waals surface area contributed by atoms with Gasteiger partial charge in [0.25, 0.3) is 11.8 Å². The highest BCUT2D eigenvalue weighted by molar-refractivity contribution is 6.23. The van der Waals surface area contributed by atoms with Crippen molar-refractivity contribution in [2.45, 2.75) is 50.2 Å². The van der Waals surface area contributed by atoms with Crippen molar-refractivity contribution in [2.75, 3.05) is 19.0 Å². The van der Waals surface area contributed by atoms with Crippen LogP contribution < -0.4 is 15.5 Å². The fourth-order valence-corrected chi connectivity index (χ4v) is 4.61. The fraction of sp³-hybridized carbons (Fsp3) is 0.500. The van der Waals surface area contributed by atoms with Crippen LogP contribution in [-0.4, -0.2) is 60.7 Å². The lowest BCUT2D eigenvalue weighted by Gasteiger charge is -2.31. The minimum atomic E-state index is -0.935. The Hall–Kier alpha value is -2.74. The van der Waals surface area contributed by atoms with Crippen LogP contribution in [0.5, 0.6) is 0 Å². The molecule has 1 unspecified atom stereocenters. The highest BCUT2D eigenvalue weighted by atomic mass is 16.2. The Labute approximate surface area is 163 Å². The van der Waals surface area contributed by atoms with Gasteiger partial charge in [0, 0.05) is 31.2 Å². The molecule has 1 aliphatic carbocycles. The summed E-state index contributed by atoms with van der Waals surface area (Å²) in [6.45, 7) is 0. The number of piperidine rings is 1. The van der Waals surface area contributed by atoms with E-state index in [4.69, 9.17) is 0 Å². The van der Waals surface area contributed by atoms with E-state index in [-0.39, 0.29) is 18.7 Å². The van der Waals surface area contributed by atoms with Crippen molar-refractivity contribution < 1.29 is 19.2 Å². The third-order valence-corrected chi connectivity index (χ3v) is 6.18. The summed E-state index contributed by atoms with van der Waals surface area (Å²) in [4.78, 5) is 52.4. The Morgan fingerprint density at radius 1 is 1.07 bits per heavy atom. The van der Waals surface area contributed by atoms with Crippen molar-refractivity contribution in [2.24, 2.45) is 0 Å². The number of nitrogens with one attached hydrogen (secondary N) is 2. The van der Waals surface area contributed by atoms with E-state index in [9.17, 15) is 19.2 Å².